The lowest BCUT2D eigenvalue weighted by Gasteiger charge is -2.46. The topological polar surface area (TPSA) is 58.2 Å². The summed E-state index contributed by atoms with van der Waals surface area (Å²) in [5.41, 5.74) is 0.850. The Bertz CT molecular complexity index is 721. The van der Waals surface area contributed by atoms with E-state index >= 15 is 0 Å². The molecule has 1 aromatic rings. The number of hydrogen-bond donors (Lipinski definition) is 2. The molecule has 1 saturated carbocycles. The van der Waals surface area contributed by atoms with E-state index in [9.17, 15) is 18.4 Å². The Labute approximate surface area is 132 Å². The summed E-state index contributed by atoms with van der Waals surface area (Å²) in [7, 11) is 0. The molecule has 2 N–H and O–H groups in total. The van der Waals surface area contributed by atoms with Gasteiger partial charge < -0.3 is 5.32 Å². The van der Waals surface area contributed by atoms with E-state index in [4.69, 9.17) is 0 Å². The maximum atomic E-state index is 13.7. The maximum absolute atomic E-state index is 13.7. The van der Waals surface area contributed by atoms with E-state index in [1.54, 1.807) is 0 Å². The average molecular weight is 320 g/mol. The van der Waals surface area contributed by atoms with E-state index in [0.717, 1.165) is 16.7 Å². The molecule has 4 nitrogen and oxygen atoms in total. The number of rotatable bonds is 0. The molecule has 2 spiro atoms. The Kier molecular flexibility index (Phi) is 2.73. The van der Waals surface area contributed by atoms with Crippen molar-refractivity contribution in [2.75, 3.05) is 0 Å². The smallest absolute Gasteiger partial charge is 0.319 e. The number of aryl methyl sites for hydroxylation is 1. The van der Waals surface area contributed by atoms with Gasteiger partial charge in [-0.1, -0.05) is 23.8 Å². The number of alkyl halides is 2. The molecule has 1 aromatic carbocycles. The largest absolute Gasteiger partial charge is 0.322 e. The minimum absolute atomic E-state index is 0.224. The predicted molar refractivity (Wildman–Crippen MR) is 79.1 cm³/mol. The predicted octanol–water partition coefficient (Wildman–Crippen LogP) is 2.78. The van der Waals surface area contributed by atoms with Gasteiger partial charge in [0.2, 0.25) is 5.92 Å². The first-order chi connectivity index (χ1) is 10.8. The van der Waals surface area contributed by atoms with Crippen molar-refractivity contribution in [1.82, 2.24) is 10.6 Å². The number of carbonyl (C=O) groups is 2. The summed E-state index contributed by atoms with van der Waals surface area (Å²) in [4.78, 5) is 24.6. The summed E-state index contributed by atoms with van der Waals surface area (Å²) in [6, 6.07) is 5.27. The summed E-state index contributed by atoms with van der Waals surface area (Å²) in [6.07, 6.45) is 0.505. The summed E-state index contributed by atoms with van der Waals surface area (Å²) in [5.74, 6) is -3.09. The summed E-state index contributed by atoms with van der Waals surface area (Å²) >= 11 is 0. The molecule has 1 unspecified atom stereocenters. The lowest BCUT2D eigenvalue weighted by molar-refractivity contribution is -0.135. The molecular formula is C17H18F2N2O2. The molecule has 1 saturated heterocycles. The zero-order valence-electron chi connectivity index (χ0n) is 12.8. The third-order valence-corrected chi connectivity index (χ3v) is 5.80. The Hall–Kier alpha value is -1.98. The molecule has 6 heteroatoms. The first-order valence-electron chi connectivity index (χ1n) is 7.90. The molecule has 23 heavy (non-hydrogen) atoms. The standard InChI is InChI=1S/C17H18F2N2O2/c1-10-2-3-11-9-15(4-6-16(18,19)7-5-15)17(12(11)8-10)13(22)20-14(23)21-17/h2-3,8H,4-7,9H2,1H3,(H2,20,21,22,23). The highest BCUT2D eigenvalue weighted by atomic mass is 19.3. The molecule has 1 heterocycles. The molecule has 4 rings (SSSR count). The zero-order valence-corrected chi connectivity index (χ0v) is 12.8. The van der Waals surface area contributed by atoms with Crippen molar-refractivity contribution in [3.63, 3.8) is 0 Å². The SMILES string of the molecule is Cc1ccc2c(c1)C1(NC(=O)NC1=O)C1(CCC(F)(F)CC1)C2. The number of fused-ring (bicyclic) bond motifs is 3. The van der Waals surface area contributed by atoms with Crippen molar-refractivity contribution in [2.45, 2.75) is 50.5 Å². The van der Waals surface area contributed by atoms with E-state index < -0.39 is 28.8 Å². The van der Waals surface area contributed by atoms with E-state index in [2.05, 4.69) is 10.6 Å². The molecule has 3 aliphatic rings. The van der Waals surface area contributed by atoms with Crippen LogP contribution in [0.4, 0.5) is 13.6 Å². The lowest BCUT2D eigenvalue weighted by atomic mass is 9.61. The van der Waals surface area contributed by atoms with Crippen LogP contribution in [-0.2, 0) is 16.8 Å². The Balaban J connectivity index is 1.88. The van der Waals surface area contributed by atoms with Crippen LogP contribution >= 0.6 is 0 Å². The van der Waals surface area contributed by atoms with Crippen LogP contribution in [0.25, 0.3) is 0 Å². The van der Waals surface area contributed by atoms with Gasteiger partial charge in [-0.15, -0.1) is 0 Å². The fourth-order valence-electron chi connectivity index (χ4n) is 4.64. The van der Waals surface area contributed by atoms with Crippen molar-refractivity contribution >= 4 is 11.9 Å². The van der Waals surface area contributed by atoms with E-state index in [-0.39, 0.29) is 25.7 Å². The molecular weight excluding hydrogens is 302 g/mol. The van der Waals surface area contributed by atoms with Gasteiger partial charge >= 0.3 is 6.03 Å². The fourth-order valence-corrected chi connectivity index (χ4v) is 4.64. The summed E-state index contributed by atoms with van der Waals surface area (Å²) in [5, 5.41) is 5.13. The van der Waals surface area contributed by atoms with Crippen molar-refractivity contribution in [1.29, 1.82) is 0 Å². The van der Waals surface area contributed by atoms with Crippen LogP contribution in [-0.4, -0.2) is 17.9 Å². The molecule has 122 valence electrons. The van der Waals surface area contributed by atoms with E-state index in [0.29, 0.717) is 6.42 Å². The molecule has 2 fully saturated rings. The molecule has 3 amide bonds. The molecule has 0 radical (unpaired) electrons. The van der Waals surface area contributed by atoms with Gasteiger partial charge in [0.25, 0.3) is 5.91 Å². The van der Waals surface area contributed by atoms with Crippen LogP contribution in [0.2, 0.25) is 0 Å². The zero-order chi connectivity index (χ0) is 16.5. The highest BCUT2D eigenvalue weighted by molar-refractivity contribution is 6.08. The lowest BCUT2D eigenvalue weighted by Crippen LogP contribution is -2.57. The van der Waals surface area contributed by atoms with Gasteiger partial charge in [-0.3, -0.25) is 10.1 Å². The van der Waals surface area contributed by atoms with Gasteiger partial charge in [-0.05, 0) is 37.3 Å². The van der Waals surface area contributed by atoms with Crippen LogP contribution in [0.1, 0.15) is 42.4 Å². The second kappa shape index (κ2) is 4.30. The molecule has 0 bridgehead atoms. The highest BCUT2D eigenvalue weighted by Crippen LogP contribution is 2.60. The second-order valence-corrected chi connectivity index (χ2v) is 7.13. The number of urea groups is 1. The van der Waals surface area contributed by atoms with Gasteiger partial charge in [-0.25, -0.2) is 13.6 Å². The van der Waals surface area contributed by atoms with Crippen molar-refractivity contribution in [3.8, 4) is 0 Å². The van der Waals surface area contributed by atoms with Gasteiger partial charge in [-0.2, -0.15) is 0 Å². The Morgan fingerprint density at radius 1 is 1.09 bits per heavy atom. The van der Waals surface area contributed by atoms with Gasteiger partial charge in [0.15, 0.2) is 5.54 Å². The van der Waals surface area contributed by atoms with E-state index in [1.807, 2.05) is 25.1 Å². The second-order valence-electron chi connectivity index (χ2n) is 7.13. The quantitative estimate of drug-likeness (QED) is 0.722. The molecule has 2 aliphatic carbocycles. The summed E-state index contributed by atoms with van der Waals surface area (Å²) in [6.45, 7) is 1.92. The van der Waals surface area contributed by atoms with E-state index in [1.165, 1.54) is 0 Å². The number of nitrogens with one attached hydrogen (secondary N) is 2. The van der Waals surface area contributed by atoms with Crippen molar-refractivity contribution in [2.24, 2.45) is 5.41 Å². The average Bonchev–Trinajstić information content (AvgIpc) is 2.92. The van der Waals surface area contributed by atoms with Crippen molar-refractivity contribution in [3.05, 3.63) is 34.9 Å². The monoisotopic (exact) mass is 320 g/mol. The molecule has 1 aliphatic heterocycles. The van der Waals surface area contributed by atoms with Crippen LogP contribution in [0, 0.1) is 12.3 Å². The third kappa shape index (κ3) is 1.80. The van der Waals surface area contributed by atoms with Crippen LogP contribution < -0.4 is 10.6 Å². The third-order valence-electron chi connectivity index (χ3n) is 5.80. The number of benzene rings is 1. The molecule has 1 atom stereocenters. The Morgan fingerprint density at radius 3 is 2.39 bits per heavy atom. The number of amides is 3. The summed E-state index contributed by atoms with van der Waals surface area (Å²) < 4.78 is 27.4. The van der Waals surface area contributed by atoms with Gasteiger partial charge in [0.05, 0.1) is 0 Å². The first-order valence-corrected chi connectivity index (χ1v) is 7.90. The number of imide groups is 1. The Morgan fingerprint density at radius 2 is 1.78 bits per heavy atom. The first kappa shape index (κ1) is 14.6. The normalized spacial score (nSPS) is 30.4. The van der Waals surface area contributed by atoms with Crippen LogP contribution in [0.5, 0.6) is 0 Å². The maximum Gasteiger partial charge on any atom is 0.322 e. The minimum Gasteiger partial charge on any atom is -0.319 e. The minimum atomic E-state index is -2.68. The molecule has 0 aromatic heterocycles. The van der Waals surface area contributed by atoms with Gasteiger partial charge in [0.1, 0.15) is 0 Å². The van der Waals surface area contributed by atoms with Crippen LogP contribution in [0.15, 0.2) is 18.2 Å². The number of halogens is 2. The number of carbonyl (C=O) groups excluding carboxylic acids is 2. The fraction of sp³-hybridized carbons (Fsp3) is 0.529. The number of hydrogen-bond acceptors (Lipinski definition) is 2. The van der Waals surface area contributed by atoms with Crippen molar-refractivity contribution < 1.29 is 18.4 Å². The highest BCUT2D eigenvalue weighted by Gasteiger charge is 2.67. The van der Waals surface area contributed by atoms with Crippen LogP contribution in [0.3, 0.4) is 0 Å². The van der Waals surface area contributed by atoms with Gasteiger partial charge in [0, 0.05) is 18.3 Å².